The van der Waals surface area contributed by atoms with E-state index in [4.69, 9.17) is 23.2 Å². The Morgan fingerprint density at radius 1 is 1.00 bits per heavy atom. The fourth-order valence-electron chi connectivity index (χ4n) is 2.81. The molecule has 0 saturated heterocycles. The molecule has 2 aromatic carbocycles. The number of para-hydroxylation sites is 1. The molecule has 2 aromatic heterocycles. The van der Waals surface area contributed by atoms with Gasteiger partial charge in [-0.25, -0.2) is 0 Å². The maximum atomic E-state index is 12.5. The first-order chi connectivity index (χ1) is 14.6. The highest BCUT2D eigenvalue weighted by atomic mass is 35.5. The van der Waals surface area contributed by atoms with Crippen LogP contribution in [0, 0.1) is 0 Å². The summed E-state index contributed by atoms with van der Waals surface area (Å²) in [6.45, 7) is 0.612. The van der Waals surface area contributed by atoms with E-state index in [9.17, 15) is 4.79 Å². The Bertz CT molecular complexity index is 1130. The molecular formula is C21H16Cl2N4OS2. The van der Waals surface area contributed by atoms with Crippen LogP contribution in [0.1, 0.15) is 5.56 Å². The molecule has 0 aliphatic heterocycles. The highest BCUT2D eigenvalue weighted by Gasteiger charge is 2.17. The maximum absolute atomic E-state index is 12.5. The Kier molecular flexibility index (Phi) is 6.74. The average molecular weight is 475 g/mol. The van der Waals surface area contributed by atoms with E-state index in [1.54, 1.807) is 29.5 Å². The van der Waals surface area contributed by atoms with E-state index in [1.165, 1.54) is 11.8 Å². The van der Waals surface area contributed by atoms with Gasteiger partial charge in [-0.1, -0.05) is 77.4 Å². The normalized spacial score (nSPS) is 10.9. The van der Waals surface area contributed by atoms with Crippen molar-refractivity contribution in [2.75, 3.05) is 11.1 Å². The van der Waals surface area contributed by atoms with Crippen LogP contribution in [0.5, 0.6) is 0 Å². The molecule has 2 heterocycles. The van der Waals surface area contributed by atoms with Gasteiger partial charge in [0.15, 0.2) is 11.0 Å². The van der Waals surface area contributed by atoms with Crippen LogP contribution in [0.3, 0.4) is 0 Å². The molecule has 0 atom stereocenters. The van der Waals surface area contributed by atoms with E-state index in [2.05, 4.69) is 27.6 Å². The first kappa shape index (κ1) is 20.9. The first-order valence-electron chi connectivity index (χ1n) is 8.99. The molecule has 0 spiro atoms. The van der Waals surface area contributed by atoms with Crippen molar-refractivity contribution in [2.45, 2.75) is 11.7 Å². The molecule has 0 saturated carbocycles. The van der Waals surface area contributed by atoms with Crippen molar-refractivity contribution in [3.05, 3.63) is 81.7 Å². The van der Waals surface area contributed by atoms with Crippen LogP contribution in [0.4, 0.5) is 5.69 Å². The molecule has 30 heavy (non-hydrogen) atoms. The molecular weight excluding hydrogens is 459 g/mol. The molecule has 0 bridgehead atoms. The Balaban J connectivity index is 1.53. The second-order valence-electron chi connectivity index (χ2n) is 6.29. The van der Waals surface area contributed by atoms with Crippen LogP contribution in [0.2, 0.25) is 10.0 Å². The van der Waals surface area contributed by atoms with E-state index < -0.39 is 0 Å². The minimum atomic E-state index is -0.220. The van der Waals surface area contributed by atoms with E-state index in [-0.39, 0.29) is 11.7 Å². The van der Waals surface area contributed by atoms with Crippen LogP contribution < -0.4 is 5.32 Å². The number of benzene rings is 2. The van der Waals surface area contributed by atoms with Crippen molar-refractivity contribution in [1.82, 2.24) is 14.8 Å². The number of nitrogens with one attached hydrogen (secondary N) is 1. The zero-order valence-electron chi connectivity index (χ0n) is 15.6. The summed E-state index contributed by atoms with van der Waals surface area (Å²) in [5, 5.41) is 14.9. The van der Waals surface area contributed by atoms with Crippen molar-refractivity contribution in [3.63, 3.8) is 0 Å². The van der Waals surface area contributed by atoms with Gasteiger partial charge in [-0.05, 0) is 29.1 Å². The predicted octanol–water partition coefficient (Wildman–Crippen LogP) is 6.09. The summed E-state index contributed by atoms with van der Waals surface area (Å²) in [7, 11) is 0. The summed E-state index contributed by atoms with van der Waals surface area (Å²) in [6, 6.07) is 19.2. The molecule has 0 unspecified atom stereocenters. The Morgan fingerprint density at radius 3 is 2.47 bits per heavy atom. The fourth-order valence-corrected chi connectivity index (χ4v) is 4.76. The van der Waals surface area contributed by atoms with Gasteiger partial charge in [0.05, 0.1) is 32.9 Å². The summed E-state index contributed by atoms with van der Waals surface area (Å²) in [4.78, 5) is 13.5. The van der Waals surface area contributed by atoms with Crippen LogP contribution in [-0.4, -0.2) is 26.4 Å². The molecule has 0 radical (unpaired) electrons. The molecule has 5 nitrogen and oxygen atoms in total. The van der Waals surface area contributed by atoms with Crippen LogP contribution in [0.15, 0.2) is 71.2 Å². The van der Waals surface area contributed by atoms with Gasteiger partial charge in [-0.15, -0.1) is 21.5 Å². The molecule has 1 N–H and O–H groups in total. The predicted molar refractivity (Wildman–Crippen MR) is 125 cm³/mol. The SMILES string of the molecule is O=C(CSc1nnc(-c2cccs2)n1Cc1ccccc1)Nc1c(Cl)cccc1Cl. The minimum Gasteiger partial charge on any atom is -0.323 e. The summed E-state index contributed by atoms with van der Waals surface area (Å²) in [6.07, 6.45) is 0. The quantitative estimate of drug-likeness (QED) is 0.329. The molecule has 152 valence electrons. The highest BCUT2D eigenvalue weighted by molar-refractivity contribution is 7.99. The highest BCUT2D eigenvalue weighted by Crippen LogP contribution is 2.31. The van der Waals surface area contributed by atoms with Gasteiger partial charge in [-0.2, -0.15) is 0 Å². The molecule has 4 rings (SSSR count). The number of rotatable bonds is 7. The smallest absolute Gasteiger partial charge is 0.234 e. The van der Waals surface area contributed by atoms with Crippen LogP contribution >= 0.6 is 46.3 Å². The van der Waals surface area contributed by atoms with Crippen molar-refractivity contribution in [1.29, 1.82) is 0 Å². The Morgan fingerprint density at radius 2 is 1.77 bits per heavy atom. The summed E-state index contributed by atoms with van der Waals surface area (Å²) < 4.78 is 2.03. The number of hydrogen-bond donors (Lipinski definition) is 1. The first-order valence-corrected chi connectivity index (χ1v) is 11.6. The van der Waals surface area contributed by atoms with Gasteiger partial charge < -0.3 is 5.32 Å². The second kappa shape index (κ2) is 9.66. The third-order valence-electron chi connectivity index (χ3n) is 4.20. The lowest BCUT2D eigenvalue weighted by Crippen LogP contribution is -2.15. The molecule has 9 heteroatoms. The third kappa shape index (κ3) is 4.87. The monoisotopic (exact) mass is 474 g/mol. The van der Waals surface area contributed by atoms with Gasteiger partial charge in [0.2, 0.25) is 5.91 Å². The Hall–Kier alpha value is -2.32. The Labute approximate surface area is 192 Å². The number of anilines is 1. The number of carbonyl (C=O) groups is 1. The topological polar surface area (TPSA) is 59.8 Å². The number of hydrogen-bond acceptors (Lipinski definition) is 5. The van der Waals surface area contributed by atoms with Crippen LogP contribution in [-0.2, 0) is 11.3 Å². The second-order valence-corrected chi connectivity index (χ2v) is 8.99. The third-order valence-corrected chi connectivity index (χ3v) is 6.66. The van der Waals surface area contributed by atoms with Crippen molar-refractivity contribution in [3.8, 4) is 10.7 Å². The standard InChI is InChI=1S/C21H16Cl2N4OS2/c22-15-8-4-9-16(23)19(15)24-18(28)13-30-21-26-25-20(17-10-5-11-29-17)27(21)12-14-6-2-1-3-7-14/h1-11H,12-13H2,(H,24,28). The van der Waals surface area contributed by atoms with E-state index in [1.807, 2.05) is 40.3 Å². The zero-order valence-corrected chi connectivity index (χ0v) is 18.7. The van der Waals surface area contributed by atoms with E-state index in [0.717, 1.165) is 16.3 Å². The van der Waals surface area contributed by atoms with Gasteiger partial charge in [0.25, 0.3) is 0 Å². The number of thiophene rings is 1. The lowest BCUT2D eigenvalue weighted by molar-refractivity contribution is -0.113. The van der Waals surface area contributed by atoms with Gasteiger partial charge in [0.1, 0.15) is 0 Å². The van der Waals surface area contributed by atoms with Gasteiger partial charge in [-0.3, -0.25) is 9.36 Å². The van der Waals surface area contributed by atoms with E-state index >= 15 is 0 Å². The molecule has 0 aliphatic carbocycles. The number of aromatic nitrogens is 3. The van der Waals surface area contributed by atoms with Crippen molar-refractivity contribution >= 4 is 57.9 Å². The summed E-state index contributed by atoms with van der Waals surface area (Å²) in [5.74, 6) is 0.715. The summed E-state index contributed by atoms with van der Waals surface area (Å²) in [5.41, 5.74) is 1.54. The molecule has 1 amide bonds. The minimum absolute atomic E-state index is 0.152. The number of thioether (sulfide) groups is 1. The van der Waals surface area contributed by atoms with Gasteiger partial charge >= 0.3 is 0 Å². The van der Waals surface area contributed by atoms with Crippen molar-refractivity contribution < 1.29 is 4.79 Å². The number of nitrogens with zero attached hydrogens (tertiary/aromatic N) is 3. The lowest BCUT2D eigenvalue weighted by Gasteiger charge is -2.11. The molecule has 4 aromatic rings. The number of amides is 1. The largest absolute Gasteiger partial charge is 0.323 e. The summed E-state index contributed by atoms with van der Waals surface area (Å²) >= 11 is 15.2. The number of halogens is 2. The van der Waals surface area contributed by atoms with E-state index in [0.29, 0.717) is 27.4 Å². The molecule has 0 aliphatic rings. The fraction of sp³-hybridized carbons (Fsp3) is 0.0952. The zero-order chi connectivity index (χ0) is 20.9. The maximum Gasteiger partial charge on any atom is 0.234 e. The molecule has 0 fully saturated rings. The average Bonchev–Trinajstić information content (AvgIpc) is 3.40. The van der Waals surface area contributed by atoms with Crippen LogP contribution in [0.25, 0.3) is 10.7 Å². The van der Waals surface area contributed by atoms with Crippen molar-refractivity contribution in [2.24, 2.45) is 0 Å². The van der Waals surface area contributed by atoms with Gasteiger partial charge in [0, 0.05) is 0 Å². The number of carbonyl (C=O) groups excluding carboxylic acids is 1. The lowest BCUT2D eigenvalue weighted by atomic mass is 10.2.